The van der Waals surface area contributed by atoms with Crippen molar-refractivity contribution in [2.75, 3.05) is 32.3 Å². The molecule has 0 spiro atoms. The first-order chi connectivity index (χ1) is 15.5. The van der Waals surface area contributed by atoms with Gasteiger partial charge in [-0.15, -0.1) is 0 Å². The van der Waals surface area contributed by atoms with Gasteiger partial charge in [0.25, 0.3) is 5.91 Å². The molecule has 0 bridgehead atoms. The fourth-order valence-electron chi connectivity index (χ4n) is 4.18. The van der Waals surface area contributed by atoms with Crippen molar-refractivity contribution < 1.29 is 23.6 Å². The molecule has 0 aliphatic carbocycles. The van der Waals surface area contributed by atoms with Crippen LogP contribution in [0.1, 0.15) is 59.3 Å². The van der Waals surface area contributed by atoms with Crippen LogP contribution in [0.4, 0.5) is 0 Å². The van der Waals surface area contributed by atoms with Gasteiger partial charge in [-0.2, -0.15) is 0 Å². The maximum atomic E-state index is 13.3. The Balaban J connectivity index is 1.86. The van der Waals surface area contributed by atoms with E-state index in [2.05, 4.69) is 6.07 Å². The first kappa shape index (κ1) is 24.3. The Morgan fingerprint density at radius 2 is 1.94 bits per heavy atom. The van der Waals surface area contributed by atoms with Gasteiger partial charge in [-0.05, 0) is 61.1 Å². The van der Waals surface area contributed by atoms with E-state index in [-0.39, 0.29) is 18.6 Å². The second kappa shape index (κ2) is 11.5. The van der Waals surface area contributed by atoms with E-state index in [0.29, 0.717) is 30.4 Å². The highest BCUT2D eigenvalue weighted by Gasteiger charge is 2.34. The molecule has 0 saturated heterocycles. The molecule has 1 aliphatic heterocycles. The molecule has 1 unspecified atom stereocenters. The molecular formula is C25H33NO5S. The third kappa shape index (κ3) is 5.70. The van der Waals surface area contributed by atoms with Crippen LogP contribution in [0.5, 0.6) is 11.5 Å². The molecule has 0 aromatic heterocycles. The van der Waals surface area contributed by atoms with Crippen LogP contribution in [-0.2, 0) is 23.8 Å². The zero-order valence-electron chi connectivity index (χ0n) is 19.1. The lowest BCUT2D eigenvalue weighted by Crippen LogP contribution is -2.32. The van der Waals surface area contributed by atoms with Crippen LogP contribution >= 0.6 is 0 Å². The molecule has 32 heavy (non-hydrogen) atoms. The van der Waals surface area contributed by atoms with Gasteiger partial charge in [-0.1, -0.05) is 24.6 Å². The van der Waals surface area contributed by atoms with Crippen LogP contribution in [0.15, 0.2) is 36.4 Å². The highest BCUT2D eigenvalue weighted by atomic mass is 32.2. The van der Waals surface area contributed by atoms with Gasteiger partial charge in [0, 0.05) is 41.5 Å². The highest BCUT2D eigenvalue weighted by Crippen LogP contribution is 2.36. The minimum Gasteiger partial charge on any atom is -0.493 e. The third-order valence-electron chi connectivity index (χ3n) is 5.77. The summed E-state index contributed by atoms with van der Waals surface area (Å²) in [6, 6.07) is 11.4. The minimum atomic E-state index is -1.09. The maximum Gasteiger partial charge on any atom is 0.255 e. The second-order valence-corrected chi connectivity index (χ2v) is 9.54. The van der Waals surface area contributed by atoms with Crippen LogP contribution in [0.2, 0.25) is 0 Å². The van der Waals surface area contributed by atoms with Gasteiger partial charge in [-0.25, -0.2) is 0 Å². The van der Waals surface area contributed by atoms with E-state index in [0.717, 1.165) is 42.4 Å². The molecule has 1 N–H and O–H groups in total. The van der Waals surface area contributed by atoms with Crippen molar-refractivity contribution in [1.82, 2.24) is 4.90 Å². The van der Waals surface area contributed by atoms with Crippen LogP contribution in [-0.4, -0.2) is 52.5 Å². The number of methoxy groups -OCH3 is 1. The number of hydrogen-bond donors (Lipinski definition) is 1. The van der Waals surface area contributed by atoms with Crippen molar-refractivity contribution in [2.45, 2.75) is 45.2 Å². The molecule has 0 saturated carbocycles. The first-order valence-corrected chi connectivity index (χ1v) is 12.9. The van der Waals surface area contributed by atoms with Gasteiger partial charge in [0.2, 0.25) is 0 Å². The van der Waals surface area contributed by atoms with E-state index < -0.39 is 10.8 Å². The maximum absolute atomic E-state index is 13.3. The lowest BCUT2D eigenvalue weighted by molar-refractivity contribution is 0.0718. The van der Waals surface area contributed by atoms with Crippen molar-refractivity contribution >= 4 is 16.7 Å². The topological polar surface area (TPSA) is 76.1 Å². The molecule has 6 nitrogen and oxygen atoms in total. The van der Waals surface area contributed by atoms with Crippen molar-refractivity contribution in [3.05, 3.63) is 58.7 Å². The Labute approximate surface area is 193 Å². The van der Waals surface area contributed by atoms with Crippen LogP contribution in [0, 0.1) is 0 Å². The predicted octanol–water partition coefficient (Wildman–Crippen LogP) is 3.87. The molecule has 0 fully saturated rings. The average Bonchev–Trinajstić information content (AvgIpc) is 3.10. The molecular weight excluding hydrogens is 426 g/mol. The Bertz CT molecular complexity index is 961. The second-order valence-electron chi connectivity index (χ2n) is 8.06. The van der Waals surface area contributed by atoms with Crippen molar-refractivity contribution in [3.8, 4) is 11.5 Å². The number of aryl methyl sites for hydroxylation is 1. The summed E-state index contributed by atoms with van der Waals surface area (Å²) in [4.78, 5) is 15.1. The number of carbonyl (C=O) groups excluding carboxylic acids is 1. The number of fused-ring (bicyclic) bond motifs is 1. The molecule has 7 heteroatoms. The summed E-state index contributed by atoms with van der Waals surface area (Å²) < 4.78 is 23.3. The number of amides is 1. The summed E-state index contributed by atoms with van der Waals surface area (Å²) in [5, 5.41) is 8.95. The number of benzene rings is 2. The smallest absolute Gasteiger partial charge is 0.255 e. The number of nitrogens with zero attached hydrogens (tertiary/aromatic N) is 1. The summed E-state index contributed by atoms with van der Waals surface area (Å²) in [5.74, 6) is 1.57. The molecule has 1 amide bonds. The zero-order chi connectivity index (χ0) is 23.1. The molecule has 1 aliphatic rings. The van der Waals surface area contributed by atoms with Gasteiger partial charge in [0.15, 0.2) is 11.5 Å². The molecule has 2 atom stereocenters. The van der Waals surface area contributed by atoms with E-state index in [1.165, 1.54) is 5.56 Å². The fraction of sp³-hybridized carbons (Fsp3) is 0.480. The molecule has 2 aromatic rings. The molecule has 174 valence electrons. The Hall–Kier alpha value is -2.38. The summed E-state index contributed by atoms with van der Waals surface area (Å²) in [6.07, 6.45) is 5.42. The Kier molecular flexibility index (Phi) is 8.70. The molecule has 2 aromatic carbocycles. The van der Waals surface area contributed by atoms with Crippen LogP contribution in [0.25, 0.3) is 0 Å². The van der Waals surface area contributed by atoms with Crippen molar-refractivity contribution in [2.24, 2.45) is 0 Å². The molecule has 1 heterocycles. The summed E-state index contributed by atoms with van der Waals surface area (Å²) in [5.41, 5.74) is 3.82. The van der Waals surface area contributed by atoms with E-state index >= 15 is 0 Å². The minimum absolute atomic E-state index is 0.0314. The van der Waals surface area contributed by atoms with Crippen LogP contribution < -0.4 is 9.47 Å². The SMILES string of the molecule is CCOc1cc([C@@H](CS(C)=O)N2Cc3cc(CCCCCO)ccc3C2=O)ccc1OC. The zero-order valence-corrected chi connectivity index (χ0v) is 20.0. The van der Waals surface area contributed by atoms with Crippen LogP contribution in [0.3, 0.4) is 0 Å². The van der Waals surface area contributed by atoms with Gasteiger partial charge in [0.05, 0.1) is 19.8 Å². The summed E-state index contributed by atoms with van der Waals surface area (Å²) in [7, 11) is 0.508. The lowest BCUT2D eigenvalue weighted by Gasteiger charge is -2.28. The van der Waals surface area contributed by atoms with E-state index in [1.807, 2.05) is 42.2 Å². The highest BCUT2D eigenvalue weighted by molar-refractivity contribution is 7.84. The Morgan fingerprint density at radius 1 is 1.12 bits per heavy atom. The largest absolute Gasteiger partial charge is 0.493 e. The van der Waals surface area contributed by atoms with Gasteiger partial charge < -0.3 is 19.5 Å². The predicted molar refractivity (Wildman–Crippen MR) is 127 cm³/mol. The normalized spacial score (nSPS) is 14.9. The third-order valence-corrected chi connectivity index (χ3v) is 6.55. The van der Waals surface area contributed by atoms with E-state index in [9.17, 15) is 9.00 Å². The number of hydrogen-bond acceptors (Lipinski definition) is 5. The molecule has 3 rings (SSSR count). The van der Waals surface area contributed by atoms with Crippen molar-refractivity contribution in [1.29, 1.82) is 0 Å². The summed E-state index contributed by atoms with van der Waals surface area (Å²) >= 11 is 0. The summed E-state index contributed by atoms with van der Waals surface area (Å²) in [6.45, 7) is 3.13. The lowest BCUT2D eigenvalue weighted by atomic mass is 10.0. The number of rotatable bonds is 12. The van der Waals surface area contributed by atoms with E-state index in [1.54, 1.807) is 13.4 Å². The Morgan fingerprint density at radius 3 is 2.62 bits per heavy atom. The molecule has 0 radical (unpaired) electrons. The van der Waals surface area contributed by atoms with Gasteiger partial charge in [-0.3, -0.25) is 9.00 Å². The number of aliphatic hydroxyl groups is 1. The standard InChI is InChI=1S/C25H33NO5S/c1-4-31-24-15-19(10-12-23(24)30-2)22(17-32(3)29)26-16-20-14-18(8-6-5-7-13-27)9-11-21(20)25(26)28/h9-12,14-15,22,27H,4-8,13,16-17H2,1-3H3/t22-,32?/m1/s1. The number of ether oxygens (including phenoxy) is 2. The fourth-order valence-corrected chi connectivity index (χ4v) is 5.00. The average molecular weight is 460 g/mol. The number of carbonyl (C=O) groups is 1. The van der Waals surface area contributed by atoms with Gasteiger partial charge >= 0.3 is 0 Å². The van der Waals surface area contributed by atoms with Gasteiger partial charge in [0.1, 0.15) is 0 Å². The quantitative estimate of drug-likeness (QED) is 0.488. The number of aliphatic hydroxyl groups excluding tert-OH is 1. The first-order valence-electron chi connectivity index (χ1n) is 11.1. The van der Waals surface area contributed by atoms with Crippen molar-refractivity contribution in [3.63, 3.8) is 0 Å². The monoisotopic (exact) mass is 459 g/mol. The van der Waals surface area contributed by atoms with E-state index in [4.69, 9.17) is 14.6 Å². The number of unbranched alkanes of at least 4 members (excludes halogenated alkanes) is 2.